The highest BCUT2D eigenvalue weighted by Gasteiger charge is 2.34. The van der Waals surface area contributed by atoms with E-state index in [2.05, 4.69) is 0 Å². The van der Waals surface area contributed by atoms with Crippen molar-refractivity contribution >= 4 is 34.8 Å². The van der Waals surface area contributed by atoms with E-state index in [0.29, 0.717) is 5.70 Å². The summed E-state index contributed by atoms with van der Waals surface area (Å²) >= 11 is 11.7. The highest BCUT2D eigenvalue weighted by molar-refractivity contribution is 6.58. The zero-order valence-electron chi connectivity index (χ0n) is 8.85. The standard InChI is InChI=1S/C11H11Cl2NO2/c1-6-7(12)11(16)8(13)9(10(6)15)14-4-2-3-5-14/h2-5H2,1H3. The average Bonchev–Trinajstić information content (AvgIpc) is 2.77. The van der Waals surface area contributed by atoms with Gasteiger partial charge in [0.15, 0.2) is 0 Å². The van der Waals surface area contributed by atoms with Crippen LogP contribution in [0.2, 0.25) is 0 Å². The summed E-state index contributed by atoms with van der Waals surface area (Å²) in [5.74, 6) is -0.668. The molecule has 1 aliphatic heterocycles. The van der Waals surface area contributed by atoms with E-state index in [0.717, 1.165) is 25.9 Å². The van der Waals surface area contributed by atoms with Crippen LogP contribution in [0.4, 0.5) is 0 Å². The molecule has 5 heteroatoms. The fourth-order valence-electron chi connectivity index (χ4n) is 1.97. The van der Waals surface area contributed by atoms with E-state index in [9.17, 15) is 9.59 Å². The Hall–Kier alpha value is -0.800. The van der Waals surface area contributed by atoms with Gasteiger partial charge in [0, 0.05) is 18.7 Å². The number of halogens is 2. The summed E-state index contributed by atoms with van der Waals surface area (Å²) in [7, 11) is 0. The van der Waals surface area contributed by atoms with Crippen molar-refractivity contribution in [2.24, 2.45) is 0 Å². The zero-order valence-corrected chi connectivity index (χ0v) is 10.4. The van der Waals surface area contributed by atoms with Crippen LogP contribution in [-0.4, -0.2) is 29.6 Å². The molecule has 86 valence electrons. The van der Waals surface area contributed by atoms with Gasteiger partial charge in [0.25, 0.3) is 0 Å². The van der Waals surface area contributed by atoms with Crippen molar-refractivity contribution in [3.63, 3.8) is 0 Å². The van der Waals surface area contributed by atoms with Crippen molar-refractivity contribution in [2.75, 3.05) is 13.1 Å². The Kier molecular flexibility index (Phi) is 3.08. The number of hydrogen-bond donors (Lipinski definition) is 0. The van der Waals surface area contributed by atoms with E-state index < -0.39 is 5.78 Å². The molecule has 2 rings (SSSR count). The van der Waals surface area contributed by atoms with Gasteiger partial charge >= 0.3 is 0 Å². The third-order valence-corrected chi connectivity index (χ3v) is 3.72. The van der Waals surface area contributed by atoms with Crippen molar-refractivity contribution < 1.29 is 9.59 Å². The van der Waals surface area contributed by atoms with Crippen molar-refractivity contribution in [3.8, 4) is 0 Å². The van der Waals surface area contributed by atoms with E-state index in [-0.39, 0.29) is 21.4 Å². The Morgan fingerprint density at radius 3 is 2.12 bits per heavy atom. The van der Waals surface area contributed by atoms with E-state index in [1.165, 1.54) is 0 Å². The predicted octanol–water partition coefficient (Wildman–Crippen LogP) is 2.20. The molecule has 1 heterocycles. The molecular weight excluding hydrogens is 249 g/mol. The van der Waals surface area contributed by atoms with Gasteiger partial charge in [-0.3, -0.25) is 9.59 Å². The highest BCUT2D eigenvalue weighted by Crippen LogP contribution is 2.32. The third kappa shape index (κ3) is 1.68. The first-order valence-electron chi connectivity index (χ1n) is 5.14. The molecule has 0 radical (unpaired) electrons. The molecule has 1 saturated heterocycles. The Morgan fingerprint density at radius 2 is 1.56 bits per heavy atom. The minimum Gasteiger partial charge on any atom is -0.367 e. The van der Waals surface area contributed by atoms with Crippen molar-refractivity contribution in [3.05, 3.63) is 21.3 Å². The number of likely N-dealkylation sites (tertiary alicyclic amines) is 1. The Bertz CT molecular complexity index is 431. The first kappa shape index (κ1) is 11.7. The van der Waals surface area contributed by atoms with Crippen LogP contribution < -0.4 is 0 Å². The van der Waals surface area contributed by atoms with E-state index in [1.807, 2.05) is 4.90 Å². The number of nitrogens with zero attached hydrogens (tertiary/aromatic N) is 1. The van der Waals surface area contributed by atoms with Gasteiger partial charge in [-0.05, 0) is 19.8 Å². The number of hydrogen-bond acceptors (Lipinski definition) is 3. The maximum atomic E-state index is 12.0. The Morgan fingerprint density at radius 1 is 1.00 bits per heavy atom. The van der Waals surface area contributed by atoms with Gasteiger partial charge in [-0.2, -0.15) is 0 Å². The molecule has 2 aliphatic rings. The fourth-order valence-corrected chi connectivity index (χ4v) is 2.50. The van der Waals surface area contributed by atoms with Crippen LogP contribution >= 0.6 is 23.2 Å². The summed E-state index contributed by atoms with van der Waals surface area (Å²) in [4.78, 5) is 25.6. The molecule has 0 aromatic rings. The molecule has 0 aromatic carbocycles. The molecular formula is C11H11Cl2NO2. The minimum atomic E-state index is -0.442. The molecule has 0 unspecified atom stereocenters. The number of allylic oxidation sites excluding steroid dienone is 3. The van der Waals surface area contributed by atoms with Gasteiger partial charge in [0.2, 0.25) is 11.6 Å². The molecule has 1 aliphatic carbocycles. The fraction of sp³-hybridized carbons (Fsp3) is 0.455. The number of rotatable bonds is 1. The van der Waals surface area contributed by atoms with Crippen LogP contribution in [0.1, 0.15) is 19.8 Å². The number of Topliss-reactive ketones (excluding diaryl/α,β-unsaturated/α-hetero) is 2. The lowest BCUT2D eigenvalue weighted by Crippen LogP contribution is -2.31. The Labute approximate surface area is 104 Å². The Balaban J connectivity index is 2.44. The molecule has 0 bridgehead atoms. The van der Waals surface area contributed by atoms with E-state index in [1.54, 1.807) is 6.92 Å². The van der Waals surface area contributed by atoms with Crippen molar-refractivity contribution in [2.45, 2.75) is 19.8 Å². The summed E-state index contributed by atoms with van der Waals surface area (Å²) in [6, 6.07) is 0. The van der Waals surface area contributed by atoms with Crippen molar-refractivity contribution in [1.82, 2.24) is 4.90 Å². The maximum absolute atomic E-state index is 12.0. The lowest BCUT2D eigenvalue weighted by molar-refractivity contribution is -0.116. The van der Waals surface area contributed by atoms with Gasteiger partial charge in [-0.1, -0.05) is 23.2 Å². The maximum Gasteiger partial charge on any atom is 0.218 e. The lowest BCUT2D eigenvalue weighted by atomic mass is 10.0. The minimum absolute atomic E-state index is 0.0394. The topological polar surface area (TPSA) is 37.4 Å². The second-order valence-corrected chi connectivity index (χ2v) is 4.71. The number of carbonyl (C=O) groups excluding carboxylic acids is 2. The van der Waals surface area contributed by atoms with Gasteiger partial charge in [0.05, 0.1) is 5.03 Å². The normalized spacial score (nSPS) is 22.6. The smallest absolute Gasteiger partial charge is 0.218 e. The lowest BCUT2D eigenvalue weighted by Gasteiger charge is -2.24. The molecule has 0 N–H and O–H groups in total. The van der Waals surface area contributed by atoms with Crippen LogP contribution in [0.5, 0.6) is 0 Å². The van der Waals surface area contributed by atoms with Crippen LogP contribution in [0.15, 0.2) is 21.3 Å². The van der Waals surface area contributed by atoms with Gasteiger partial charge in [-0.15, -0.1) is 0 Å². The number of carbonyl (C=O) groups is 2. The van der Waals surface area contributed by atoms with Crippen LogP contribution in [0.25, 0.3) is 0 Å². The summed E-state index contributed by atoms with van der Waals surface area (Å²) in [6.45, 7) is 3.10. The van der Waals surface area contributed by atoms with Crippen LogP contribution in [0, 0.1) is 0 Å². The number of ketones is 2. The molecule has 16 heavy (non-hydrogen) atoms. The molecule has 3 nitrogen and oxygen atoms in total. The zero-order chi connectivity index (χ0) is 11.9. The molecule has 0 atom stereocenters. The predicted molar refractivity (Wildman–Crippen MR) is 62.3 cm³/mol. The summed E-state index contributed by atoms with van der Waals surface area (Å²) < 4.78 is 0. The average molecular weight is 260 g/mol. The van der Waals surface area contributed by atoms with E-state index in [4.69, 9.17) is 23.2 Å². The largest absolute Gasteiger partial charge is 0.367 e. The quantitative estimate of drug-likeness (QED) is 0.678. The van der Waals surface area contributed by atoms with Crippen molar-refractivity contribution in [1.29, 1.82) is 0 Å². The summed E-state index contributed by atoms with van der Waals surface area (Å²) in [5, 5.41) is -0.0968. The van der Waals surface area contributed by atoms with Crippen LogP contribution in [0.3, 0.4) is 0 Å². The van der Waals surface area contributed by atoms with Gasteiger partial charge in [0.1, 0.15) is 10.7 Å². The highest BCUT2D eigenvalue weighted by atomic mass is 35.5. The third-order valence-electron chi connectivity index (χ3n) is 2.91. The first-order chi connectivity index (χ1) is 7.54. The first-order valence-corrected chi connectivity index (χ1v) is 5.90. The SMILES string of the molecule is CC1=C(Cl)C(=O)C(Cl)=C(N2CCCC2)C1=O. The second-order valence-electron chi connectivity index (χ2n) is 3.95. The molecule has 0 spiro atoms. The van der Waals surface area contributed by atoms with Gasteiger partial charge < -0.3 is 4.90 Å². The monoisotopic (exact) mass is 259 g/mol. The summed E-state index contributed by atoms with van der Waals surface area (Å²) in [5.41, 5.74) is 0.615. The van der Waals surface area contributed by atoms with Gasteiger partial charge in [-0.25, -0.2) is 0 Å². The summed E-state index contributed by atoms with van der Waals surface area (Å²) in [6.07, 6.45) is 2.04. The second kappa shape index (κ2) is 4.22. The van der Waals surface area contributed by atoms with E-state index >= 15 is 0 Å². The molecule has 0 amide bonds. The molecule has 0 saturated carbocycles. The molecule has 1 fully saturated rings. The molecule has 0 aromatic heterocycles. The van der Waals surface area contributed by atoms with Crippen LogP contribution in [-0.2, 0) is 9.59 Å².